The van der Waals surface area contributed by atoms with E-state index in [-0.39, 0.29) is 12.5 Å². The van der Waals surface area contributed by atoms with E-state index in [1.807, 2.05) is 31.2 Å². The highest BCUT2D eigenvalue weighted by molar-refractivity contribution is 5.78. The average Bonchev–Trinajstić information content (AvgIpc) is 2.38. The van der Waals surface area contributed by atoms with Crippen LogP contribution in [0.25, 0.3) is 0 Å². The normalized spacial score (nSPS) is 10.2. The molecule has 4 nitrogen and oxygen atoms in total. The SMILES string of the molecule is CCCN(CCO)C(=O)Cc1cccc(OC)c1. The van der Waals surface area contributed by atoms with Gasteiger partial charge < -0.3 is 14.7 Å². The summed E-state index contributed by atoms with van der Waals surface area (Å²) in [6.45, 7) is 3.10. The van der Waals surface area contributed by atoms with Crippen molar-refractivity contribution in [3.8, 4) is 5.75 Å². The van der Waals surface area contributed by atoms with Crippen molar-refractivity contribution in [2.24, 2.45) is 0 Å². The Balaban J connectivity index is 2.66. The van der Waals surface area contributed by atoms with Crippen LogP contribution in [0.1, 0.15) is 18.9 Å². The molecule has 0 aromatic heterocycles. The number of amides is 1. The summed E-state index contributed by atoms with van der Waals surface area (Å²) in [5, 5.41) is 8.95. The Kier molecular flexibility index (Phi) is 6.22. The van der Waals surface area contributed by atoms with Crippen molar-refractivity contribution in [2.45, 2.75) is 19.8 Å². The number of hydrogen-bond acceptors (Lipinski definition) is 3. The third-order valence-corrected chi connectivity index (χ3v) is 2.71. The molecule has 1 N–H and O–H groups in total. The largest absolute Gasteiger partial charge is 0.497 e. The predicted octanol–water partition coefficient (Wildman–Crippen LogP) is 1.47. The first-order valence-electron chi connectivity index (χ1n) is 6.22. The minimum Gasteiger partial charge on any atom is -0.497 e. The molecule has 0 bridgehead atoms. The summed E-state index contributed by atoms with van der Waals surface area (Å²) in [5.74, 6) is 0.795. The van der Waals surface area contributed by atoms with Crippen LogP contribution in [0.2, 0.25) is 0 Å². The molecule has 0 atom stereocenters. The number of benzene rings is 1. The lowest BCUT2D eigenvalue weighted by Crippen LogP contribution is -2.35. The van der Waals surface area contributed by atoms with Crippen LogP contribution in [0.3, 0.4) is 0 Å². The van der Waals surface area contributed by atoms with Gasteiger partial charge in [0.25, 0.3) is 0 Å². The van der Waals surface area contributed by atoms with E-state index < -0.39 is 0 Å². The quantitative estimate of drug-likeness (QED) is 0.798. The van der Waals surface area contributed by atoms with Crippen LogP contribution in [0.4, 0.5) is 0 Å². The van der Waals surface area contributed by atoms with Crippen LogP contribution in [0.15, 0.2) is 24.3 Å². The Labute approximate surface area is 108 Å². The van der Waals surface area contributed by atoms with Gasteiger partial charge in [-0.1, -0.05) is 19.1 Å². The van der Waals surface area contributed by atoms with Crippen LogP contribution in [0, 0.1) is 0 Å². The van der Waals surface area contributed by atoms with E-state index >= 15 is 0 Å². The first-order valence-corrected chi connectivity index (χ1v) is 6.22. The molecule has 0 aliphatic rings. The molecular weight excluding hydrogens is 230 g/mol. The maximum absolute atomic E-state index is 12.1. The number of hydrogen-bond donors (Lipinski definition) is 1. The van der Waals surface area contributed by atoms with Crippen LogP contribution >= 0.6 is 0 Å². The second kappa shape index (κ2) is 7.71. The van der Waals surface area contributed by atoms with E-state index in [0.29, 0.717) is 19.5 Å². The molecule has 0 aliphatic carbocycles. The van der Waals surface area contributed by atoms with Crippen LogP contribution < -0.4 is 4.74 Å². The van der Waals surface area contributed by atoms with Gasteiger partial charge in [-0.3, -0.25) is 4.79 Å². The molecule has 1 aromatic carbocycles. The van der Waals surface area contributed by atoms with Crippen molar-refractivity contribution in [1.29, 1.82) is 0 Å². The van der Waals surface area contributed by atoms with E-state index in [1.54, 1.807) is 12.0 Å². The fraction of sp³-hybridized carbons (Fsp3) is 0.500. The van der Waals surface area contributed by atoms with E-state index in [1.165, 1.54) is 0 Å². The number of nitrogens with zero attached hydrogens (tertiary/aromatic N) is 1. The fourth-order valence-electron chi connectivity index (χ4n) is 1.82. The topological polar surface area (TPSA) is 49.8 Å². The molecule has 0 aliphatic heterocycles. The number of aliphatic hydroxyl groups is 1. The van der Waals surface area contributed by atoms with Gasteiger partial charge in [-0.15, -0.1) is 0 Å². The predicted molar refractivity (Wildman–Crippen MR) is 70.7 cm³/mol. The summed E-state index contributed by atoms with van der Waals surface area (Å²) in [6.07, 6.45) is 1.24. The molecule has 18 heavy (non-hydrogen) atoms. The minimum absolute atomic E-state index is 0.00382. The Morgan fingerprint density at radius 1 is 1.39 bits per heavy atom. The maximum Gasteiger partial charge on any atom is 0.227 e. The standard InChI is InChI=1S/C14H21NO3/c1-3-7-15(8-9-16)14(17)11-12-5-4-6-13(10-12)18-2/h4-6,10,16H,3,7-9,11H2,1-2H3. The molecule has 0 heterocycles. The first kappa shape index (κ1) is 14.5. The Morgan fingerprint density at radius 2 is 2.17 bits per heavy atom. The molecule has 0 saturated carbocycles. The molecule has 1 amide bonds. The smallest absolute Gasteiger partial charge is 0.227 e. The van der Waals surface area contributed by atoms with Gasteiger partial charge in [0.2, 0.25) is 5.91 Å². The maximum atomic E-state index is 12.1. The molecule has 0 spiro atoms. The minimum atomic E-state index is 0.00382. The molecule has 1 aromatic rings. The Bertz CT molecular complexity index is 373. The van der Waals surface area contributed by atoms with Gasteiger partial charge in [-0.25, -0.2) is 0 Å². The van der Waals surface area contributed by atoms with Crippen molar-refractivity contribution in [3.05, 3.63) is 29.8 Å². The van der Waals surface area contributed by atoms with Crippen molar-refractivity contribution >= 4 is 5.91 Å². The molecule has 1 rings (SSSR count). The van der Waals surface area contributed by atoms with Gasteiger partial charge in [0.05, 0.1) is 20.1 Å². The summed E-state index contributed by atoms with van der Waals surface area (Å²) in [5.41, 5.74) is 0.929. The second-order valence-corrected chi connectivity index (χ2v) is 4.13. The van der Waals surface area contributed by atoms with Gasteiger partial charge in [0.1, 0.15) is 5.75 Å². The highest BCUT2D eigenvalue weighted by Gasteiger charge is 2.12. The van der Waals surface area contributed by atoms with Gasteiger partial charge in [-0.2, -0.15) is 0 Å². The average molecular weight is 251 g/mol. The number of methoxy groups -OCH3 is 1. The number of aliphatic hydroxyl groups excluding tert-OH is 1. The zero-order valence-electron chi connectivity index (χ0n) is 11.1. The van der Waals surface area contributed by atoms with E-state index in [4.69, 9.17) is 9.84 Å². The summed E-state index contributed by atoms with van der Waals surface area (Å²) in [7, 11) is 1.61. The van der Waals surface area contributed by atoms with Crippen molar-refractivity contribution in [3.63, 3.8) is 0 Å². The zero-order chi connectivity index (χ0) is 13.4. The van der Waals surface area contributed by atoms with Gasteiger partial charge in [0, 0.05) is 13.1 Å². The first-order chi connectivity index (χ1) is 8.71. The zero-order valence-corrected chi connectivity index (χ0v) is 11.1. The number of carbonyl (C=O) groups excluding carboxylic acids is 1. The third-order valence-electron chi connectivity index (χ3n) is 2.71. The molecule has 0 unspecified atom stereocenters. The van der Waals surface area contributed by atoms with E-state index in [2.05, 4.69) is 0 Å². The van der Waals surface area contributed by atoms with Crippen LogP contribution in [0.5, 0.6) is 5.75 Å². The number of carbonyl (C=O) groups is 1. The lowest BCUT2D eigenvalue weighted by Gasteiger charge is -2.21. The van der Waals surface area contributed by atoms with E-state index in [0.717, 1.165) is 17.7 Å². The van der Waals surface area contributed by atoms with Crippen molar-refractivity contribution in [1.82, 2.24) is 4.90 Å². The summed E-state index contributed by atoms with van der Waals surface area (Å²) in [4.78, 5) is 13.8. The third kappa shape index (κ3) is 4.37. The molecule has 100 valence electrons. The molecule has 0 radical (unpaired) electrons. The molecular formula is C14H21NO3. The monoisotopic (exact) mass is 251 g/mol. The van der Waals surface area contributed by atoms with Gasteiger partial charge in [-0.05, 0) is 24.1 Å². The molecule has 4 heteroatoms. The Morgan fingerprint density at radius 3 is 2.78 bits per heavy atom. The lowest BCUT2D eigenvalue weighted by atomic mass is 10.1. The Hall–Kier alpha value is -1.55. The number of ether oxygens (including phenoxy) is 1. The van der Waals surface area contributed by atoms with Crippen molar-refractivity contribution in [2.75, 3.05) is 26.8 Å². The molecule has 0 saturated heterocycles. The van der Waals surface area contributed by atoms with E-state index in [9.17, 15) is 4.79 Å². The summed E-state index contributed by atoms with van der Waals surface area (Å²) in [6, 6.07) is 7.49. The fourth-order valence-corrected chi connectivity index (χ4v) is 1.82. The summed E-state index contributed by atoms with van der Waals surface area (Å²) < 4.78 is 5.13. The van der Waals surface area contributed by atoms with Gasteiger partial charge >= 0.3 is 0 Å². The summed E-state index contributed by atoms with van der Waals surface area (Å²) >= 11 is 0. The van der Waals surface area contributed by atoms with Crippen molar-refractivity contribution < 1.29 is 14.6 Å². The highest BCUT2D eigenvalue weighted by Crippen LogP contribution is 2.13. The molecule has 0 fully saturated rings. The van der Waals surface area contributed by atoms with Crippen LogP contribution in [-0.2, 0) is 11.2 Å². The van der Waals surface area contributed by atoms with Gasteiger partial charge in [0.15, 0.2) is 0 Å². The highest BCUT2D eigenvalue weighted by atomic mass is 16.5. The van der Waals surface area contributed by atoms with Crippen LogP contribution in [-0.4, -0.2) is 42.7 Å². The number of rotatable bonds is 7. The second-order valence-electron chi connectivity index (χ2n) is 4.13. The lowest BCUT2D eigenvalue weighted by molar-refractivity contribution is -0.131.